The number of hydrogen-bond acceptors (Lipinski definition) is 4. The fourth-order valence-corrected chi connectivity index (χ4v) is 3.34. The van der Waals surface area contributed by atoms with E-state index in [-0.39, 0.29) is 37.1 Å². The van der Waals surface area contributed by atoms with Gasteiger partial charge in [-0.15, -0.1) is 0 Å². The Bertz CT molecular complexity index is 375. The number of ether oxygens (including phenoxy) is 1. The lowest BCUT2D eigenvalue weighted by Gasteiger charge is -2.17. The van der Waals surface area contributed by atoms with Crippen molar-refractivity contribution < 1.29 is 24.2 Å². The first kappa shape index (κ1) is 12.1. The number of esters is 1. The van der Waals surface area contributed by atoms with E-state index in [9.17, 15) is 14.4 Å². The molecule has 2 aliphatic carbocycles. The summed E-state index contributed by atoms with van der Waals surface area (Å²) in [6, 6.07) is 0. The van der Waals surface area contributed by atoms with Gasteiger partial charge in [0.15, 0.2) is 0 Å². The van der Waals surface area contributed by atoms with E-state index >= 15 is 0 Å². The quantitative estimate of drug-likeness (QED) is 0.725. The minimum Gasteiger partial charge on any atom is -0.481 e. The van der Waals surface area contributed by atoms with Gasteiger partial charge in [0.05, 0.1) is 19.4 Å². The average molecular weight is 240 g/mol. The Morgan fingerprint density at radius 2 is 2.18 bits per heavy atom. The summed E-state index contributed by atoms with van der Waals surface area (Å²) in [5.41, 5.74) is -0.645. The largest absolute Gasteiger partial charge is 0.481 e. The van der Waals surface area contributed by atoms with Crippen molar-refractivity contribution in [2.24, 2.45) is 17.3 Å². The average Bonchev–Trinajstić information content (AvgIpc) is 2.60. The predicted octanol–water partition coefficient (Wildman–Crippen LogP) is 1.01. The Balaban J connectivity index is 2.09. The molecule has 17 heavy (non-hydrogen) atoms. The van der Waals surface area contributed by atoms with Gasteiger partial charge in [0.2, 0.25) is 0 Å². The number of carbonyl (C=O) groups is 3. The smallest absolute Gasteiger partial charge is 0.306 e. The Kier molecular flexibility index (Phi) is 2.93. The molecule has 2 aliphatic rings. The first-order valence-corrected chi connectivity index (χ1v) is 5.91. The maximum atomic E-state index is 11.6. The molecule has 1 N–H and O–H groups in total. The predicted molar refractivity (Wildman–Crippen MR) is 57.2 cm³/mol. The van der Waals surface area contributed by atoms with Crippen LogP contribution in [0.25, 0.3) is 0 Å². The van der Waals surface area contributed by atoms with Crippen molar-refractivity contribution in [1.82, 2.24) is 0 Å². The van der Waals surface area contributed by atoms with Gasteiger partial charge < -0.3 is 9.84 Å². The first-order chi connectivity index (χ1) is 8.01. The minimum atomic E-state index is -0.948. The number of carboxylic acid groups (broad SMARTS) is 1. The monoisotopic (exact) mass is 240 g/mol. The van der Waals surface area contributed by atoms with Crippen LogP contribution in [-0.2, 0) is 19.1 Å². The van der Waals surface area contributed by atoms with Crippen molar-refractivity contribution in [3.63, 3.8) is 0 Å². The van der Waals surface area contributed by atoms with Crippen LogP contribution in [0, 0.1) is 17.3 Å². The normalized spacial score (nSPS) is 34.3. The lowest BCUT2D eigenvalue weighted by Crippen LogP contribution is -2.22. The van der Waals surface area contributed by atoms with E-state index in [4.69, 9.17) is 9.84 Å². The second-order valence-corrected chi connectivity index (χ2v) is 4.87. The van der Waals surface area contributed by atoms with Gasteiger partial charge in [-0.05, 0) is 19.3 Å². The van der Waals surface area contributed by atoms with Crippen molar-refractivity contribution >= 4 is 17.7 Å². The Morgan fingerprint density at radius 1 is 1.47 bits per heavy atom. The molecule has 2 fully saturated rings. The molecule has 1 unspecified atom stereocenters. The highest BCUT2D eigenvalue weighted by Gasteiger charge is 2.70. The van der Waals surface area contributed by atoms with E-state index in [2.05, 4.69) is 0 Å². The highest BCUT2D eigenvalue weighted by molar-refractivity contribution is 5.91. The van der Waals surface area contributed by atoms with E-state index in [0.717, 1.165) is 6.42 Å². The zero-order valence-electron chi connectivity index (χ0n) is 9.77. The fourth-order valence-electron chi connectivity index (χ4n) is 3.34. The van der Waals surface area contributed by atoms with Gasteiger partial charge >= 0.3 is 11.9 Å². The number of ketones is 1. The topological polar surface area (TPSA) is 80.7 Å². The van der Waals surface area contributed by atoms with Crippen LogP contribution in [0.3, 0.4) is 0 Å². The van der Waals surface area contributed by atoms with Gasteiger partial charge in [-0.3, -0.25) is 14.4 Å². The van der Waals surface area contributed by atoms with E-state index < -0.39 is 17.4 Å². The van der Waals surface area contributed by atoms with Crippen molar-refractivity contribution in [1.29, 1.82) is 0 Å². The Labute approximate surface area is 99.1 Å². The van der Waals surface area contributed by atoms with Gasteiger partial charge in [-0.25, -0.2) is 0 Å². The summed E-state index contributed by atoms with van der Waals surface area (Å²) in [6.07, 6.45) is 1.21. The van der Waals surface area contributed by atoms with Gasteiger partial charge in [-0.1, -0.05) is 0 Å². The molecule has 0 saturated heterocycles. The molecule has 3 atom stereocenters. The molecule has 5 nitrogen and oxygen atoms in total. The van der Waals surface area contributed by atoms with Crippen LogP contribution < -0.4 is 0 Å². The van der Waals surface area contributed by atoms with Crippen molar-refractivity contribution in [3.05, 3.63) is 0 Å². The fraction of sp³-hybridized carbons (Fsp3) is 0.750. The molecule has 2 rings (SSSR count). The van der Waals surface area contributed by atoms with E-state index in [0.29, 0.717) is 6.42 Å². The van der Waals surface area contributed by atoms with E-state index in [1.165, 1.54) is 0 Å². The van der Waals surface area contributed by atoms with E-state index in [1.54, 1.807) is 6.92 Å². The molecule has 5 heteroatoms. The molecule has 0 heterocycles. The molecule has 0 aliphatic heterocycles. The second kappa shape index (κ2) is 4.13. The Morgan fingerprint density at radius 3 is 2.65 bits per heavy atom. The molecule has 0 aromatic carbocycles. The molecule has 0 bridgehead atoms. The maximum Gasteiger partial charge on any atom is 0.306 e. The number of Topliss-reactive ketones (excluding diaryl/α,β-unsaturated/α-hetero) is 1. The third-order valence-electron chi connectivity index (χ3n) is 3.96. The third kappa shape index (κ3) is 1.94. The standard InChI is InChI=1S/C12H16O5/c1-2-17-10(16)6-12(5-9(14)15)7-3-4-8(13)11(7)12/h7,11H,2-6H2,1H3,(H,14,15)/t7-,11-,12?/m0/s1. The zero-order chi connectivity index (χ0) is 12.6. The van der Waals surface area contributed by atoms with Crippen LogP contribution in [0.2, 0.25) is 0 Å². The molecule has 0 amide bonds. The van der Waals surface area contributed by atoms with Crippen LogP contribution in [0.4, 0.5) is 0 Å². The van der Waals surface area contributed by atoms with E-state index in [1.807, 2.05) is 0 Å². The minimum absolute atomic E-state index is 0.0637. The SMILES string of the molecule is CCOC(=O)CC1(CC(=O)O)[C@@H]2C(=O)CC[C@@H]21. The summed E-state index contributed by atoms with van der Waals surface area (Å²) in [4.78, 5) is 34.0. The lowest BCUT2D eigenvalue weighted by atomic mass is 9.88. The second-order valence-electron chi connectivity index (χ2n) is 4.87. The molecule has 0 aromatic rings. The summed E-state index contributed by atoms with van der Waals surface area (Å²) in [5, 5.41) is 8.91. The molecule has 0 spiro atoms. The molecule has 0 radical (unpaired) electrons. The molecule has 0 aromatic heterocycles. The molecular formula is C12H16O5. The van der Waals surface area contributed by atoms with Crippen LogP contribution >= 0.6 is 0 Å². The number of fused-ring (bicyclic) bond motifs is 1. The van der Waals surface area contributed by atoms with Gasteiger partial charge in [0, 0.05) is 17.8 Å². The van der Waals surface area contributed by atoms with Crippen molar-refractivity contribution in [2.45, 2.75) is 32.6 Å². The zero-order valence-corrected chi connectivity index (χ0v) is 9.77. The van der Waals surface area contributed by atoms with Crippen LogP contribution in [-0.4, -0.2) is 29.4 Å². The van der Waals surface area contributed by atoms with Gasteiger partial charge in [-0.2, -0.15) is 0 Å². The van der Waals surface area contributed by atoms with Gasteiger partial charge in [0.25, 0.3) is 0 Å². The number of carbonyl (C=O) groups excluding carboxylic acids is 2. The molecule has 2 saturated carbocycles. The number of carboxylic acids is 1. The van der Waals surface area contributed by atoms with Crippen LogP contribution in [0.5, 0.6) is 0 Å². The number of aliphatic carboxylic acids is 1. The van der Waals surface area contributed by atoms with Crippen LogP contribution in [0.15, 0.2) is 0 Å². The molecule has 94 valence electrons. The van der Waals surface area contributed by atoms with Gasteiger partial charge in [0.1, 0.15) is 5.78 Å². The highest BCUT2D eigenvalue weighted by Crippen LogP contribution is 2.69. The summed E-state index contributed by atoms with van der Waals surface area (Å²) in [5.74, 6) is -1.37. The molecular weight excluding hydrogens is 224 g/mol. The van der Waals surface area contributed by atoms with Crippen molar-refractivity contribution in [3.8, 4) is 0 Å². The summed E-state index contributed by atoms with van der Waals surface area (Å²) < 4.78 is 4.86. The third-order valence-corrected chi connectivity index (χ3v) is 3.96. The number of hydrogen-bond donors (Lipinski definition) is 1. The van der Waals surface area contributed by atoms with Crippen molar-refractivity contribution in [2.75, 3.05) is 6.61 Å². The Hall–Kier alpha value is -1.39. The highest BCUT2D eigenvalue weighted by atomic mass is 16.5. The summed E-state index contributed by atoms with van der Waals surface area (Å²) in [7, 11) is 0. The maximum absolute atomic E-state index is 11.6. The summed E-state index contributed by atoms with van der Waals surface area (Å²) >= 11 is 0. The lowest BCUT2D eigenvalue weighted by molar-refractivity contribution is -0.146. The van der Waals surface area contributed by atoms with Crippen LogP contribution in [0.1, 0.15) is 32.6 Å². The number of rotatable bonds is 5. The summed E-state index contributed by atoms with van der Waals surface area (Å²) in [6.45, 7) is 1.99. The first-order valence-electron chi connectivity index (χ1n) is 5.91.